The van der Waals surface area contributed by atoms with Crippen LogP contribution in [0.1, 0.15) is 30.9 Å². The van der Waals surface area contributed by atoms with Crippen molar-refractivity contribution in [3.63, 3.8) is 0 Å². The van der Waals surface area contributed by atoms with Crippen LogP contribution < -0.4 is 0 Å². The molecule has 0 spiro atoms. The largest absolute Gasteiger partial charge is 0.198 e. The number of hydrogen-bond acceptors (Lipinski definition) is 1. The van der Waals surface area contributed by atoms with E-state index in [0.29, 0.717) is 0 Å². The molecule has 2 heteroatoms. The molecule has 0 aromatic heterocycles. The minimum atomic E-state index is -0.0252. The fourth-order valence-electron chi connectivity index (χ4n) is 1.20. The molecule has 1 nitrogen and oxygen atoms in total. The zero-order chi connectivity index (χ0) is 9.84. The maximum Gasteiger partial charge on any atom is 0.0700 e. The molecule has 1 unspecified atom stereocenters. The van der Waals surface area contributed by atoms with Crippen LogP contribution in [0.15, 0.2) is 22.7 Å². The van der Waals surface area contributed by atoms with Gasteiger partial charge in [0.15, 0.2) is 0 Å². The minimum Gasteiger partial charge on any atom is -0.198 e. The van der Waals surface area contributed by atoms with Crippen molar-refractivity contribution in [3.8, 4) is 6.07 Å². The molecule has 0 bridgehead atoms. The molecule has 0 saturated heterocycles. The van der Waals surface area contributed by atoms with E-state index in [4.69, 9.17) is 5.26 Å². The summed E-state index contributed by atoms with van der Waals surface area (Å²) in [6, 6.07) is 8.43. The Bertz CT molecular complexity index is 338. The van der Waals surface area contributed by atoms with Gasteiger partial charge in [-0.2, -0.15) is 5.26 Å². The van der Waals surface area contributed by atoms with E-state index in [1.165, 1.54) is 5.56 Å². The Balaban J connectivity index is 3.10. The van der Waals surface area contributed by atoms with E-state index in [9.17, 15) is 0 Å². The molecule has 68 valence electrons. The first-order valence-electron chi connectivity index (χ1n) is 4.36. The zero-order valence-electron chi connectivity index (χ0n) is 7.84. The average molecular weight is 238 g/mol. The van der Waals surface area contributed by atoms with Crippen molar-refractivity contribution in [2.75, 3.05) is 0 Å². The highest BCUT2D eigenvalue weighted by Crippen LogP contribution is 2.22. The van der Waals surface area contributed by atoms with Crippen molar-refractivity contribution in [1.82, 2.24) is 0 Å². The highest BCUT2D eigenvalue weighted by Gasteiger charge is 2.05. The summed E-state index contributed by atoms with van der Waals surface area (Å²) < 4.78 is 1.06. The number of rotatable bonds is 2. The molecule has 1 aromatic carbocycles. The molecular formula is C11H12BrN. The van der Waals surface area contributed by atoms with E-state index in [1.807, 2.05) is 13.0 Å². The molecule has 0 aliphatic rings. The van der Waals surface area contributed by atoms with Gasteiger partial charge < -0.3 is 0 Å². The van der Waals surface area contributed by atoms with Crippen molar-refractivity contribution in [2.24, 2.45) is 0 Å². The number of halogens is 1. The third-order valence-electron chi connectivity index (χ3n) is 2.08. The summed E-state index contributed by atoms with van der Waals surface area (Å²) in [6.07, 6.45) is 1.00. The zero-order valence-corrected chi connectivity index (χ0v) is 9.43. The van der Waals surface area contributed by atoms with Crippen molar-refractivity contribution in [2.45, 2.75) is 26.2 Å². The third-order valence-corrected chi connectivity index (χ3v) is 2.54. The number of hydrogen-bond donors (Lipinski definition) is 0. The number of nitriles is 1. The van der Waals surface area contributed by atoms with Gasteiger partial charge >= 0.3 is 0 Å². The first kappa shape index (κ1) is 10.3. The van der Waals surface area contributed by atoms with Crippen LogP contribution in [0, 0.1) is 11.3 Å². The standard InChI is InChI=1S/C11H12BrN/c1-3-9-4-10(8(2)7-13)6-11(12)5-9/h4-6,8H,3H2,1-2H3. The van der Waals surface area contributed by atoms with Gasteiger partial charge in [-0.1, -0.05) is 28.9 Å². The molecule has 0 radical (unpaired) electrons. The highest BCUT2D eigenvalue weighted by molar-refractivity contribution is 9.10. The lowest BCUT2D eigenvalue weighted by Gasteiger charge is -2.06. The van der Waals surface area contributed by atoms with E-state index in [0.717, 1.165) is 16.5 Å². The van der Waals surface area contributed by atoms with Crippen molar-refractivity contribution in [1.29, 1.82) is 5.26 Å². The smallest absolute Gasteiger partial charge is 0.0700 e. The Kier molecular flexibility index (Phi) is 3.50. The predicted octanol–water partition coefficient (Wildman–Crippen LogP) is 3.64. The van der Waals surface area contributed by atoms with Gasteiger partial charge in [-0.15, -0.1) is 0 Å². The molecule has 0 aliphatic heterocycles. The predicted molar refractivity (Wildman–Crippen MR) is 57.5 cm³/mol. The molecular weight excluding hydrogens is 226 g/mol. The first-order valence-corrected chi connectivity index (χ1v) is 5.15. The second kappa shape index (κ2) is 4.43. The molecule has 0 heterocycles. The molecule has 0 saturated carbocycles. The molecule has 1 atom stereocenters. The summed E-state index contributed by atoms with van der Waals surface area (Å²) in [7, 11) is 0. The topological polar surface area (TPSA) is 23.8 Å². The molecule has 13 heavy (non-hydrogen) atoms. The second-order valence-electron chi connectivity index (χ2n) is 3.10. The van der Waals surface area contributed by atoms with Gasteiger partial charge in [0.05, 0.1) is 12.0 Å². The normalized spacial score (nSPS) is 12.2. The Morgan fingerprint density at radius 2 is 2.15 bits per heavy atom. The quantitative estimate of drug-likeness (QED) is 0.771. The van der Waals surface area contributed by atoms with E-state index in [1.54, 1.807) is 0 Å². The van der Waals surface area contributed by atoms with E-state index >= 15 is 0 Å². The molecule has 0 aliphatic carbocycles. The van der Waals surface area contributed by atoms with Gasteiger partial charge in [-0.05, 0) is 36.6 Å². The Morgan fingerprint density at radius 1 is 1.46 bits per heavy atom. The second-order valence-corrected chi connectivity index (χ2v) is 4.01. The van der Waals surface area contributed by atoms with Gasteiger partial charge in [-0.25, -0.2) is 0 Å². The summed E-state index contributed by atoms with van der Waals surface area (Å²) in [5.41, 5.74) is 2.36. The van der Waals surface area contributed by atoms with E-state index in [2.05, 4.69) is 41.1 Å². The van der Waals surface area contributed by atoms with E-state index in [-0.39, 0.29) is 5.92 Å². The van der Waals surface area contributed by atoms with Gasteiger partial charge in [0, 0.05) is 4.47 Å². The van der Waals surface area contributed by atoms with Crippen LogP contribution >= 0.6 is 15.9 Å². The van der Waals surface area contributed by atoms with Crippen LogP contribution in [0.25, 0.3) is 0 Å². The van der Waals surface area contributed by atoms with Gasteiger partial charge in [0.2, 0.25) is 0 Å². The monoisotopic (exact) mass is 237 g/mol. The lowest BCUT2D eigenvalue weighted by Crippen LogP contribution is -1.91. The summed E-state index contributed by atoms with van der Waals surface area (Å²) in [4.78, 5) is 0. The van der Waals surface area contributed by atoms with Crippen LogP contribution in [0.5, 0.6) is 0 Å². The Morgan fingerprint density at radius 3 is 2.69 bits per heavy atom. The molecule has 0 amide bonds. The highest BCUT2D eigenvalue weighted by atomic mass is 79.9. The molecule has 0 fully saturated rings. The molecule has 1 rings (SSSR count). The summed E-state index contributed by atoms with van der Waals surface area (Å²) in [5, 5.41) is 8.78. The van der Waals surface area contributed by atoms with Crippen LogP contribution in [0.3, 0.4) is 0 Å². The first-order chi connectivity index (χ1) is 6.17. The van der Waals surface area contributed by atoms with Gasteiger partial charge in [0.1, 0.15) is 0 Å². The van der Waals surface area contributed by atoms with Crippen LogP contribution in [-0.4, -0.2) is 0 Å². The Hall–Kier alpha value is -0.810. The fourth-order valence-corrected chi connectivity index (χ4v) is 1.76. The van der Waals surface area contributed by atoms with Crippen molar-refractivity contribution >= 4 is 15.9 Å². The summed E-state index contributed by atoms with van der Waals surface area (Å²) in [5.74, 6) is -0.0252. The lowest BCUT2D eigenvalue weighted by atomic mass is 10.00. The van der Waals surface area contributed by atoms with Crippen molar-refractivity contribution in [3.05, 3.63) is 33.8 Å². The van der Waals surface area contributed by atoms with Crippen molar-refractivity contribution < 1.29 is 0 Å². The lowest BCUT2D eigenvalue weighted by molar-refractivity contribution is 0.969. The minimum absolute atomic E-state index is 0.0252. The maximum atomic E-state index is 8.78. The van der Waals surface area contributed by atoms with Crippen LogP contribution in [0.2, 0.25) is 0 Å². The van der Waals surface area contributed by atoms with Crippen LogP contribution in [0.4, 0.5) is 0 Å². The third kappa shape index (κ3) is 2.57. The molecule has 1 aromatic rings. The number of benzene rings is 1. The van der Waals surface area contributed by atoms with Gasteiger partial charge in [0.25, 0.3) is 0 Å². The molecule has 0 N–H and O–H groups in total. The van der Waals surface area contributed by atoms with Gasteiger partial charge in [-0.3, -0.25) is 0 Å². The van der Waals surface area contributed by atoms with Crippen LogP contribution in [-0.2, 0) is 6.42 Å². The van der Waals surface area contributed by atoms with E-state index < -0.39 is 0 Å². The fraction of sp³-hybridized carbons (Fsp3) is 0.364. The SMILES string of the molecule is CCc1cc(Br)cc(C(C)C#N)c1. The summed E-state index contributed by atoms with van der Waals surface area (Å²) in [6.45, 7) is 4.03. The maximum absolute atomic E-state index is 8.78. The average Bonchev–Trinajstić information content (AvgIpc) is 2.15. The Labute approximate surface area is 87.5 Å². The summed E-state index contributed by atoms with van der Waals surface area (Å²) >= 11 is 3.44. The number of nitrogens with zero attached hydrogens (tertiary/aromatic N) is 1. The number of aryl methyl sites for hydroxylation is 1.